The second-order valence-corrected chi connectivity index (χ2v) is 4.76. The van der Waals surface area contributed by atoms with Crippen molar-refractivity contribution >= 4 is 18.3 Å². The molecule has 1 unspecified atom stereocenters. The molecule has 21 heavy (non-hydrogen) atoms. The lowest BCUT2D eigenvalue weighted by molar-refractivity contribution is -0.125. The van der Waals surface area contributed by atoms with Crippen molar-refractivity contribution in [3.8, 4) is 5.75 Å². The number of carbonyl (C=O) groups excluding carboxylic acids is 1. The summed E-state index contributed by atoms with van der Waals surface area (Å²) >= 11 is 0. The highest BCUT2D eigenvalue weighted by molar-refractivity contribution is 5.85. The van der Waals surface area contributed by atoms with Crippen LogP contribution < -0.4 is 15.4 Å². The maximum absolute atomic E-state index is 12.9. The quantitative estimate of drug-likeness (QED) is 0.815. The van der Waals surface area contributed by atoms with Crippen LogP contribution in [-0.2, 0) is 4.79 Å². The van der Waals surface area contributed by atoms with Crippen molar-refractivity contribution < 1.29 is 18.3 Å². The molecule has 4 nitrogen and oxygen atoms in total. The third-order valence-electron chi connectivity index (χ3n) is 3.23. The maximum Gasteiger partial charge on any atom is 0.224 e. The number of ether oxygens (including phenoxy) is 1. The van der Waals surface area contributed by atoms with E-state index in [0.717, 1.165) is 31.5 Å². The van der Waals surface area contributed by atoms with Crippen molar-refractivity contribution in [3.05, 3.63) is 29.8 Å². The molecule has 0 bridgehead atoms. The van der Waals surface area contributed by atoms with E-state index in [0.29, 0.717) is 13.1 Å². The number of carbonyl (C=O) groups is 1. The number of piperidine rings is 1. The van der Waals surface area contributed by atoms with E-state index >= 15 is 0 Å². The van der Waals surface area contributed by atoms with Crippen molar-refractivity contribution in [1.82, 2.24) is 10.6 Å². The van der Waals surface area contributed by atoms with Crippen LogP contribution in [0, 0.1) is 17.6 Å². The minimum Gasteiger partial charge on any atom is -0.492 e. The third-order valence-corrected chi connectivity index (χ3v) is 3.23. The monoisotopic (exact) mass is 320 g/mol. The molecule has 0 aliphatic carbocycles. The first-order chi connectivity index (χ1) is 9.66. The molecule has 0 saturated carbocycles. The van der Waals surface area contributed by atoms with Crippen LogP contribution >= 0.6 is 12.4 Å². The molecule has 118 valence electrons. The zero-order valence-electron chi connectivity index (χ0n) is 11.5. The van der Waals surface area contributed by atoms with Gasteiger partial charge in [0.25, 0.3) is 0 Å². The van der Waals surface area contributed by atoms with E-state index in [4.69, 9.17) is 4.74 Å². The second kappa shape index (κ2) is 8.79. The predicted octanol–water partition coefficient (Wildman–Crippen LogP) is 1.88. The highest BCUT2D eigenvalue weighted by Gasteiger charge is 2.20. The number of halogens is 3. The van der Waals surface area contributed by atoms with Gasteiger partial charge in [-0.3, -0.25) is 4.79 Å². The van der Waals surface area contributed by atoms with Crippen LogP contribution in [-0.4, -0.2) is 32.1 Å². The van der Waals surface area contributed by atoms with E-state index in [1.54, 1.807) is 0 Å². The summed E-state index contributed by atoms with van der Waals surface area (Å²) in [6.45, 7) is 2.23. The molecule has 1 aliphatic heterocycles. The van der Waals surface area contributed by atoms with Crippen LogP contribution in [0.25, 0.3) is 0 Å². The number of amides is 1. The van der Waals surface area contributed by atoms with Crippen LogP contribution in [0.1, 0.15) is 12.8 Å². The first kappa shape index (κ1) is 17.7. The van der Waals surface area contributed by atoms with Crippen molar-refractivity contribution in [2.45, 2.75) is 12.8 Å². The summed E-state index contributed by atoms with van der Waals surface area (Å²) in [7, 11) is 0. The van der Waals surface area contributed by atoms with E-state index in [9.17, 15) is 13.6 Å². The average Bonchev–Trinajstić information content (AvgIpc) is 2.48. The fraction of sp³-hybridized carbons (Fsp3) is 0.500. The molecule has 1 aliphatic rings. The summed E-state index contributed by atoms with van der Waals surface area (Å²) in [6, 6.07) is 3.35. The first-order valence-electron chi connectivity index (χ1n) is 6.73. The van der Waals surface area contributed by atoms with Gasteiger partial charge >= 0.3 is 0 Å². The smallest absolute Gasteiger partial charge is 0.224 e. The molecule has 1 aromatic rings. The van der Waals surface area contributed by atoms with Gasteiger partial charge in [-0.05, 0) is 31.5 Å². The molecule has 1 amide bonds. The predicted molar refractivity (Wildman–Crippen MR) is 77.7 cm³/mol. The molecule has 2 rings (SSSR count). The van der Waals surface area contributed by atoms with Crippen molar-refractivity contribution in [1.29, 1.82) is 0 Å². The van der Waals surface area contributed by atoms with E-state index in [-0.39, 0.29) is 36.6 Å². The Labute approximate surface area is 128 Å². The third kappa shape index (κ3) is 5.47. The molecule has 1 fully saturated rings. The van der Waals surface area contributed by atoms with Crippen molar-refractivity contribution in [3.63, 3.8) is 0 Å². The Morgan fingerprint density at radius 2 is 2.19 bits per heavy atom. The normalized spacial score (nSPS) is 17.7. The summed E-state index contributed by atoms with van der Waals surface area (Å²) in [5, 5.41) is 5.95. The Hall–Kier alpha value is -1.40. The van der Waals surface area contributed by atoms with Gasteiger partial charge in [-0.25, -0.2) is 8.78 Å². The Bertz CT molecular complexity index is 468. The summed E-state index contributed by atoms with van der Waals surface area (Å²) in [4.78, 5) is 11.8. The van der Waals surface area contributed by atoms with Crippen molar-refractivity contribution in [2.75, 3.05) is 26.2 Å². The Morgan fingerprint density at radius 3 is 2.86 bits per heavy atom. The molecule has 1 heterocycles. The zero-order valence-corrected chi connectivity index (χ0v) is 12.3. The molecule has 0 spiro atoms. The second-order valence-electron chi connectivity index (χ2n) is 4.76. The number of hydrogen-bond donors (Lipinski definition) is 2. The van der Waals surface area contributed by atoms with Gasteiger partial charge in [-0.2, -0.15) is 0 Å². The Morgan fingerprint density at radius 1 is 1.38 bits per heavy atom. The fourth-order valence-electron chi connectivity index (χ4n) is 2.13. The van der Waals surface area contributed by atoms with Gasteiger partial charge in [0, 0.05) is 12.6 Å². The maximum atomic E-state index is 12.9. The van der Waals surface area contributed by atoms with Gasteiger partial charge in [-0.15, -0.1) is 12.4 Å². The van der Waals surface area contributed by atoms with E-state index in [2.05, 4.69) is 10.6 Å². The topological polar surface area (TPSA) is 50.4 Å². The van der Waals surface area contributed by atoms with E-state index in [1.165, 1.54) is 6.07 Å². The minimum atomic E-state index is -0.945. The van der Waals surface area contributed by atoms with Crippen LogP contribution in [0.2, 0.25) is 0 Å². The van der Waals surface area contributed by atoms with E-state index < -0.39 is 11.6 Å². The molecule has 0 aromatic heterocycles. The molecular weight excluding hydrogens is 302 g/mol. The SMILES string of the molecule is Cl.O=C(NCCOc1ccc(F)c(F)c1)C1CCCNC1. The number of hydrogen-bond acceptors (Lipinski definition) is 3. The van der Waals surface area contributed by atoms with Crippen LogP contribution in [0.15, 0.2) is 18.2 Å². The molecule has 1 atom stereocenters. The summed E-state index contributed by atoms with van der Waals surface area (Å²) in [5.74, 6) is -1.59. The van der Waals surface area contributed by atoms with Crippen LogP contribution in [0.4, 0.5) is 8.78 Å². The van der Waals surface area contributed by atoms with Crippen LogP contribution in [0.5, 0.6) is 5.75 Å². The molecule has 1 saturated heterocycles. The van der Waals surface area contributed by atoms with Gasteiger partial charge < -0.3 is 15.4 Å². The molecule has 0 radical (unpaired) electrons. The standard InChI is InChI=1S/C14H18F2N2O2.ClH/c15-12-4-3-11(8-13(12)16)20-7-6-18-14(19)10-2-1-5-17-9-10;/h3-4,8,10,17H,1-2,5-7,9H2,(H,18,19);1H. The van der Waals surface area contributed by atoms with Crippen molar-refractivity contribution in [2.24, 2.45) is 5.92 Å². The van der Waals surface area contributed by atoms with Gasteiger partial charge in [0.1, 0.15) is 12.4 Å². The van der Waals surface area contributed by atoms with Crippen LogP contribution in [0.3, 0.4) is 0 Å². The first-order valence-corrected chi connectivity index (χ1v) is 6.73. The Balaban J connectivity index is 0.00000220. The largest absolute Gasteiger partial charge is 0.492 e. The highest BCUT2D eigenvalue weighted by atomic mass is 35.5. The van der Waals surface area contributed by atoms with Gasteiger partial charge in [0.15, 0.2) is 11.6 Å². The lowest BCUT2D eigenvalue weighted by Crippen LogP contribution is -2.41. The van der Waals surface area contributed by atoms with Gasteiger partial charge in [-0.1, -0.05) is 0 Å². The zero-order chi connectivity index (χ0) is 14.4. The minimum absolute atomic E-state index is 0. The van der Waals surface area contributed by atoms with Gasteiger partial charge in [0.05, 0.1) is 12.5 Å². The summed E-state index contributed by atoms with van der Waals surface area (Å²) in [6.07, 6.45) is 1.90. The lowest BCUT2D eigenvalue weighted by atomic mass is 9.99. The Kier molecular flexibility index (Phi) is 7.39. The number of nitrogens with one attached hydrogen (secondary N) is 2. The fourth-order valence-corrected chi connectivity index (χ4v) is 2.13. The highest BCUT2D eigenvalue weighted by Crippen LogP contribution is 2.15. The van der Waals surface area contributed by atoms with E-state index in [1.807, 2.05) is 0 Å². The molecule has 1 aromatic carbocycles. The molecular formula is C14H19ClF2N2O2. The molecule has 7 heteroatoms. The number of benzene rings is 1. The summed E-state index contributed by atoms with van der Waals surface area (Å²) in [5.41, 5.74) is 0. The molecule has 2 N–H and O–H groups in total. The summed E-state index contributed by atoms with van der Waals surface area (Å²) < 4.78 is 30.9. The number of rotatable bonds is 5. The average molecular weight is 321 g/mol. The van der Waals surface area contributed by atoms with Gasteiger partial charge in [0.2, 0.25) is 5.91 Å². The lowest BCUT2D eigenvalue weighted by Gasteiger charge is -2.21.